The molecular formula is C14H17ClN2O3S. The first-order valence-electron chi connectivity index (χ1n) is 6.77. The van der Waals surface area contributed by atoms with Gasteiger partial charge in [-0.05, 0) is 38.0 Å². The summed E-state index contributed by atoms with van der Waals surface area (Å²) in [6.07, 6.45) is 1.54. The Bertz CT molecular complexity index is 667. The zero-order chi connectivity index (χ0) is 15.6. The van der Waals surface area contributed by atoms with E-state index >= 15 is 0 Å². The second-order valence-electron chi connectivity index (χ2n) is 5.18. The van der Waals surface area contributed by atoms with Crippen LogP contribution in [0.5, 0.6) is 0 Å². The SMILES string of the molecule is CC(O)C1CCCCN1S(=O)(=O)c1ccc(C#N)cc1Cl. The van der Waals surface area contributed by atoms with E-state index in [1.165, 1.54) is 22.5 Å². The quantitative estimate of drug-likeness (QED) is 0.921. The van der Waals surface area contributed by atoms with Crippen LogP contribution in [0.2, 0.25) is 5.02 Å². The first-order valence-corrected chi connectivity index (χ1v) is 8.59. The van der Waals surface area contributed by atoms with Crippen molar-refractivity contribution in [3.63, 3.8) is 0 Å². The molecule has 1 aliphatic rings. The number of halogens is 1. The molecule has 1 aliphatic heterocycles. The molecule has 2 rings (SSSR count). The number of piperidine rings is 1. The fraction of sp³-hybridized carbons (Fsp3) is 0.500. The second-order valence-corrected chi connectivity index (χ2v) is 7.44. The van der Waals surface area contributed by atoms with Gasteiger partial charge < -0.3 is 5.11 Å². The number of sulfonamides is 1. The molecule has 0 aromatic heterocycles. The van der Waals surface area contributed by atoms with Crippen LogP contribution < -0.4 is 0 Å². The second kappa shape index (κ2) is 6.32. The molecule has 0 bridgehead atoms. The van der Waals surface area contributed by atoms with E-state index in [9.17, 15) is 13.5 Å². The molecule has 2 unspecified atom stereocenters. The lowest BCUT2D eigenvalue weighted by molar-refractivity contribution is 0.0831. The van der Waals surface area contributed by atoms with Crippen LogP contribution in [0.3, 0.4) is 0 Å². The van der Waals surface area contributed by atoms with E-state index < -0.39 is 22.2 Å². The third-order valence-corrected chi connectivity index (χ3v) is 6.11. The summed E-state index contributed by atoms with van der Waals surface area (Å²) in [4.78, 5) is -0.0179. The summed E-state index contributed by atoms with van der Waals surface area (Å²) in [5.74, 6) is 0. The molecule has 1 N–H and O–H groups in total. The molecule has 0 amide bonds. The van der Waals surface area contributed by atoms with E-state index in [1.54, 1.807) is 6.92 Å². The predicted molar refractivity (Wildman–Crippen MR) is 79.4 cm³/mol. The lowest BCUT2D eigenvalue weighted by atomic mass is 10.0. The number of benzene rings is 1. The van der Waals surface area contributed by atoms with Crippen molar-refractivity contribution in [3.8, 4) is 6.07 Å². The van der Waals surface area contributed by atoms with E-state index in [4.69, 9.17) is 16.9 Å². The van der Waals surface area contributed by atoms with Crippen molar-refractivity contribution in [3.05, 3.63) is 28.8 Å². The van der Waals surface area contributed by atoms with E-state index in [2.05, 4.69) is 0 Å². The van der Waals surface area contributed by atoms with Crippen LogP contribution in [-0.2, 0) is 10.0 Å². The Hall–Kier alpha value is -1.13. The number of aliphatic hydroxyl groups excluding tert-OH is 1. The van der Waals surface area contributed by atoms with Gasteiger partial charge in [-0.2, -0.15) is 9.57 Å². The van der Waals surface area contributed by atoms with Crippen molar-refractivity contribution in [2.75, 3.05) is 6.54 Å². The first kappa shape index (κ1) is 16.2. The Morgan fingerprint density at radius 1 is 1.48 bits per heavy atom. The van der Waals surface area contributed by atoms with Gasteiger partial charge >= 0.3 is 0 Å². The van der Waals surface area contributed by atoms with Crippen LogP contribution >= 0.6 is 11.6 Å². The smallest absolute Gasteiger partial charge is 0.244 e. The number of rotatable bonds is 3. The summed E-state index contributed by atoms with van der Waals surface area (Å²) in [5.41, 5.74) is 0.310. The molecule has 21 heavy (non-hydrogen) atoms. The Morgan fingerprint density at radius 3 is 2.76 bits per heavy atom. The number of hydrogen-bond acceptors (Lipinski definition) is 4. The fourth-order valence-corrected chi connectivity index (χ4v) is 4.90. The van der Waals surface area contributed by atoms with E-state index in [1.807, 2.05) is 6.07 Å². The van der Waals surface area contributed by atoms with Gasteiger partial charge in [0.1, 0.15) is 4.90 Å². The van der Waals surface area contributed by atoms with Crippen LogP contribution in [0, 0.1) is 11.3 Å². The van der Waals surface area contributed by atoms with E-state index in [-0.39, 0.29) is 9.92 Å². The van der Waals surface area contributed by atoms with E-state index in [0.717, 1.165) is 12.8 Å². The minimum absolute atomic E-state index is 0.0179. The number of hydrogen-bond donors (Lipinski definition) is 1. The molecule has 0 saturated carbocycles. The summed E-state index contributed by atoms with van der Waals surface area (Å²) >= 11 is 6.02. The van der Waals surface area contributed by atoms with Crippen LogP contribution in [0.1, 0.15) is 31.7 Å². The van der Waals surface area contributed by atoms with Crippen molar-refractivity contribution in [1.82, 2.24) is 4.31 Å². The highest BCUT2D eigenvalue weighted by Gasteiger charge is 2.36. The van der Waals surface area contributed by atoms with Gasteiger partial charge in [-0.15, -0.1) is 0 Å². The zero-order valence-electron chi connectivity index (χ0n) is 11.7. The molecule has 2 atom stereocenters. The zero-order valence-corrected chi connectivity index (χ0v) is 13.2. The molecule has 114 valence electrons. The summed E-state index contributed by atoms with van der Waals surface area (Å²) in [6.45, 7) is 1.97. The molecule has 0 radical (unpaired) electrons. The van der Waals surface area contributed by atoms with Gasteiger partial charge in [0.05, 0.1) is 28.8 Å². The summed E-state index contributed by atoms with van der Waals surface area (Å²) < 4.78 is 26.9. The molecule has 7 heteroatoms. The average molecular weight is 329 g/mol. The highest BCUT2D eigenvalue weighted by atomic mass is 35.5. The summed E-state index contributed by atoms with van der Waals surface area (Å²) in [6, 6.07) is 5.61. The minimum Gasteiger partial charge on any atom is -0.392 e. The Balaban J connectivity index is 2.43. The average Bonchev–Trinajstić information content (AvgIpc) is 2.46. The maximum absolute atomic E-state index is 12.8. The maximum atomic E-state index is 12.8. The molecule has 1 fully saturated rings. The third kappa shape index (κ3) is 3.22. The highest BCUT2D eigenvalue weighted by Crippen LogP contribution is 2.31. The maximum Gasteiger partial charge on any atom is 0.244 e. The van der Waals surface area contributed by atoms with Gasteiger partial charge in [-0.3, -0.25) is 0 Å². The molecular weight excluding hydrogens is 312 g/mol. The molecule has 1 aromatic rings. The molecule has 1 heterocycles. The van der Waals surface area contributed by atoms with Gasteiger partial charge in [-0.25, -0.2) is 8.42 Å². The van der Waals surface area contributed by atoms with Gasteiger partial charge in [0.15, 0.2) is 0 Å². The topological polar surface area (TPSA) is 81.4 Å². The van der Waals surface area contributed by atoms with Crippen molar-refractivity contribution in [2.45, 2.75) is 43.2 Å². The van der Waals surface area contributed by atoms with Crippen LogP contribution in [0.4, 0.5) is 0 Å². The molecule has 5 nitrogen and oxygen atoms in total. The first-order chi connectivity index (χ1) is 9.87. The van der Waals surface area contributed by atoms with Crippen molar-refractivity contribution in [2.24, 2.45) is 0 Å². The lowest BCUT2D eigenvalue weighted by Gasteiger charge is -2.36. The van der Waals surface area contributed by atoms with Crippen LogP contribution in [0.25, 0.3) is 0 Å². The normalized spacial score (nSPS) is 21.7. The third-order valence-electron chi connectivity index (χ3n) is 3.70. The Morgan fingerprint density at radius 2 is 2.19 bits per heavy atom. The predicted octanol–water partition coefficient (Wildman–Crippen LogP) is 2.14. The highest BCUT2D eigenvalue weighted by molar-refractivity contribution is 7.89. The standard InChI is InChI=1S/C14H17ClN2O3S/c1-10(18)13-4-2-3-7-17(13)21(19,20)14-6-5-11(9-16)8-12(14)15/h5-6,8,10,13,18H,2-4,7H2,1H3. The van der Waals surface area contributed by atoms with Gasteiger partial charge in [0.2, 0.25) is 10.0 Å². The molecule has 0 aliphatic carbocycles. The molecule has 0 spiro atoms. The number of nitriles is 1. The van der Waals surface area contributed by atoms with Gasteiger partial charge in [0.25, 0.3) is 0 Å². The number of aliphatic hydroxyl groups is 1. The number of nitrogens with zero attached hydrogens (tertiary/aromatic N) is 2. The lowest BCUT2D eigenvalue weighted by Crippen LogP contribution is -2.48. The van der Waals surface area contributed by atoms with Gasteiger partial charge in [-0.1, -0.05) is 18.0 Å². The molecule has 1 saturated heterocycles. The fourth-order valence-electron chi connectivity index (χ4n) is 2.62. The van der Waals surface area contributed by atoms with E-state index in [0.29, 0.717) is 18.5 Å². The van der Waals surface area contributed by atoms with Crippen molar-refractivity contribution >= 4 is 21.6 Å². The largest absolute Gasteiger partial charge is 0.392 e. The molecule has 1 aromatic carbocycles. The van der Waals surface area contributed by atoms with Crippen molar-refractivity contribution in [1.29, 1.82) is 5.26 Å². The minimum atomic E-state index is -3.78. The summed E-state index contributed by atoms with van der Waals surface area (Å²) in [5, 5.41) is 18.7. The van der Waals surface area contributed by atoms with Crippen molar-refractivity contribution < 1.29 is 13.5 Å². The van der Waals surface area contributed by atoms with Crippen LogP contribution in [0.15, 0.2) is 23.1 Å². The summed E-state index contributed by atoms with van der Waals surface area (Å²) in [7, 11) is -3.78. The van der Waals surface area contributed by atoms with Gasteiger partial charge in [0, 0.05) is 6.54 Å². The Kier molecular flexibility index (Phi) is 4.89. The Labute approximate surface area is 129 Å². The monoisotopic (exact) mass is 328 g/mol. The van der Waals surface area contributed by atoms with Crippen LogP contribution in [-0.4, -0.2) is 36.5 Å².